The Labute approximate surface area is 161 Å². The second-order valence-corrected chi connectivity index (χ2v) is 8.82. The van der Waals surface area contributed by atoms with Crippen molar-refractivity contribution in [3.63, 3.8) is 0 Å². The quantitative estimate of drug-likeness (QED) is 0.517. The van der Waals surface area contributed by atoms with Gasteiger partial charge in [0.25, 0.3) is 0 Å². The van der Waals surface area contributed by atoms with E-state index < -0.39 is 0 Å². The highest BCUT2D eigenvalue weighted by molar-refractivity contribution is 8.00. The van der Waals surface area contributed by atoms with Crippen molar-refractivity contribution in [3.05, 3.63) is 45.6 Å². The van der Waals surface area contributed by atoms with Crippen LogP contribution < -0.4 is 5.32 Å². The van der Waals surface area contributed by atoms with E-state index in [1.807, 2.05) is 32.9 Å². The molecule has 2 heterocycles. The molecule has 0 atom stereocenters. The summed E-state index contributed by atoms with van der Waals surface area (Å²) in [5.74, 6) is 1.12. The molecule has 1 aliphatic rings. The first-order valence-corrected chi connectivity index (χ1v) is 10.6. The molecule has 1 N–H and O–H groups in total. The van der Waals surface area contributed by atoms with Crippen molar-refractivity contribution in [2.45, 2.75) is 45.1 Å². The maximum Gasteiger partial charge on any atom is 0.234 e. The molecule has 0 radical (unpaired) electrons. The third-order valence-electron chi connectivity index (χ3n) is 4.65. The van der Waals surface area contributed by atoms with Gasteiger partial charge in [0.05, 0.1) is 5.75 Å². The van der Waals surface area contributed by atoms with Crippen LogP contribution in [0.5, 0.6) is 0 Å². The summed E-state index contributed by atoms with van der Waals surface area (Å²) in [5, 5.41) is 5.16. The predicted octanol–water partition coefficient (Wildman–Crippen LogP) is 4.84. The molecule has 0 aliphatic heterocycles. The van der Waals surface area contributed by atoms with Crippen LogP contribution in [0.25, 0.3) is 10.2 Å². The zero-order chi connectivity index (χ0) is 18.3. The Morgan fingerprint density at radius 1 is 1.23 bits per heavy atom. The molecule has 26 heavy (non-hydrogen) atoms. The molecule has 0 saturated heterocycles. The summed E-state index contributed by atoms with van der Waals surface area (Å²) in [6.45, 7) is 5.96. The van der Waals surface area contributed by atoms with Crippen molar-refractivity contribution >= 4 is 44.9 Å². The van der Waals surface area contributed by atoms with Crippen molar-refractivity contribution in [2.24, 2.45) is 0 Å². The summed E-state index contributed by atoms with van der Waals surface area (Å²) in [7, 11) is 0. The van der Waals surface area contributed by atoms with Gasteiger partial charge in [0.15, 0.2) is 0 Å². The number of thiophene rings is 1. The number of nitrogens with one attached hydrogen (secondary N) is 1. The van der Waals surface area contributed by atoms with E-state index in [-0.39, 0.29) is 5.91 Å². The number of hydrogen-bond acceptors (Lipinski definition) is 5. The molecule has 0 fully saturated rings. The second kappa shape index (κ2) is 7.00. The van der Waals surface area contributed by atoms with Gasteiger partial charge < -0.3 is 5.32 Å². The smallest absolute Gasteiger partial charge is 0.234 e. The fraction of sp³-hybridized carbons (Fsp3) is 0.350. The molecular weight excluding hydrogens is 362 g/mol. The molecule has 0 spiro atoms. The molecular formula is C20H21N3OS2. The minimum Gasteiger partial charge on any atom is -0.325 e. The minimum absolute atomic E-state index is 0.00000898. The van der Waals surface area contributed by atoms with Crippen LogP contribution >= 0.6 is 23.1 Å². The van der Waals surface area contributed by atoms with Gasteiger partial charge in [0, 0.05) is 16.0 Å². The summed E-state index contributed by atoms with van der Waals surface area (Å²) < 4.78 is 0. The van der Waals surface area contributed by atoms with Gasteiger partial charge in [0.1, 0.15) is 15.7 Å². The molecule has 134 valence electrons. The van der Waals surface area contributed by atoms with Crippen LogP contribution in [0, 0.1) is 20.8 Å². The van der Waals surface area contributed by atoms with Crippen molar-refractivity contribution < 1.29 is 4.79 Å². The van der Waals surface area contributed by atoms with Crippen LogP contribution in [0.3, 0.4) is 0 Å². The van der Waals surface area contributed by atoms with Crippen molar-refractivity contribution in [3.8, 4) is 0 Å². The molecule has 6 heteroatoms. The van der Waals surface area contributed by atoms with Crippen LogP contribution in [-0.2, 0) is 17.6 Å². The van der Waals surface area contributed by atoms with Crippen LogP contribution in [0.2, 0.25) is 0 Å². The third kappa shape index (κ3) is 3.35. The number of aryl methyl sites for hydroxylation is 5. The fourth-order valence-electron chi connectivity index (χ4n) is 3.36. The van der Waals surface area contributed by atoms with Crippen molar-refractivity contribution in [1.82, 2.24) is 9.97 Å². The average Bonchev–Trinajstić information content (AvgIpc) is 3.16. The highest BCUT2D eigenvalue weighted by Gasteiger charge is 2.22. The Balaban J connectivity index is 1.54. The summed E-state index contributed by atoms with van der Waals surface area (Å²) in [5.41, 5.74) is 4.50. The SMILES string of the molecule is Cc1ccc(C)c(NC(=O)CSc2nc(C)nc3sc4c(c23)CCC4)c1. The van der Waals surface area contributed by atoms with Crippen LogP contribution in [0.4, 0.5) is 5.69 Å². The van der Waals surface area contributed by atoms with Gasteiger partial charge in [-0.2, -0.15) is 0 Å². The normalized spacial score (nSPS) is 13.2. The lowest BCUT2D eigenvalue weighted by Gasteiger charge is -2.10. The van der Waals surface area contributed by atoms with Gasteiger partial charge >= 0.3 is 0 Å². The molecule has 1 aromatic carbocycles. The average molecular weight is 384 g/mol. The third-order valence-corrected chi connectivity index (χ3v) is 6.81. The zero-order valence-corrected chi connectivity index (χ0v) is 16.8. The van der Waals surface area contributed by atoms with E-state index in [0.717, 1.165) is 45.3 Å². The number of aromatic nitrogens is 2. The molecule has 1 amide bonds. The van der Waals surface area contributed by atoms with Crippen LogP contribution in [0.15, 0.2) is 23.2 Å². The number of fused-ring (bicyclic) bond motifs is 3. The summed E-state index contributed by atoms with van der Waals surface area (Å²) in [4.78, 5) is 24.2. The Morgan fingerprint density at radius 3 is 2.92 bits per heavy atom. The van der Waals surface area contributed by atoms with E-state index in [2.05, 4.69) is 21.4 Å². The molecule has 4 nitrogen and oxygen atoms in total. The van der Waals surface area contributed by atoms with E-state index >= 15 is 0 Å². The number of carbonyl (C=O) groups excluding carboxylic acids is 1. The van der Waals surface area contributed by atoms with Gasteiger partial charge in [-0.25, -0.2) is 9.97 Å². The first kappa shape index (κ1) is 17.5. The molecule has 0 unspecified atom stereocenters. The number of thioether (sulfide) groups is 1. The summed E-state index contributed by atoms with van der Waals surface area (Å²) >= 11 is 3.31. The number of benzene rings is 1. The van der Waals surface area contributed by atoms with Crippen LogP contribution in [-0.4, -0.2) is 21.6 Å². The van der Waals surface area contributed by atoms with Crippen molar-refractivity contribution in [1.29, 1.82) is 0 Å². The van der Waals surface area contributed by atoms with E-state index in [1.54, 1.807) is 11.3 Å². The lowest BCUT2D eigenvalue weighted by Crippen LogP contribution is -2.15. The standard InChI is InChI=1S/C20H21N3OS2/c1-11-7-8-12(2)15(9-11)23-17(24)10-25-19-18-14-5-4-6-16(14)26-20(18)22-13(3)21-19/h7-9H,4-6,10H2,1-3H3,(H,23,24). The Morgan fingerprint density at radius 2 is 2.08 bits per heavy atom. The molecule has 0 saturated carbocycles. The number of nitrogens with zero attached hydrogens (tertiary/aromatic N) is 2. The van der Waals surface area contributed by atoms with Gasteiger partial charge in [-0.15, -0.1) is 11.3 Å². The minimum atomic E-state index is -0.00000898. The largest absolute Gasteiger partial charge is 0.325 e. The molecule has 4 rings (SSSR count). The topological polar surface area (TPSA) is 54.9 Å². The van der Waals surface area contributed by atoms with Crippen LogP contribution in [0.1, 0.15) is 33.8 Å². The molecule has 3 aromatic rings. The Bertz CT molecular complexity index is 1010. The van der Waals surface area contributed by atoms with Gasteiger partial charge in [-0.1, -0.05) is 23.9 Å². The van der Waals surface area contributed by atoms with Gasteiger partial charge in [-0.3, -0.25) is 4.79 Å². The van der Waals surface area contributed by atoms with Gasteiger partial charge in [0.2, 0.25) is 5.91 Å². The molecule has 2 aromatic heterocycles. The maximum atomic E-state index is 12.5. The first-order chi connectivity index (χ1) is 12.5. The van der Waals surface area contributed by atoms with Crippen molar-refractivity contribution in [2.75, 3.05) is 11.1 Å². The number of hydrogen-bond donors (Lipinski definition) is 1. The highest BCUT2D eigenvalue weighted by Crippen LogP contribution is 2.40. The van der Waals surface area contributed by atoms with E-state index in [1.165, 1.54) is 34.0 Å². The maximum absolute atomic E-state index is 12.5. The Kier molecular flexibility index (Phi) is 4.71. The van der Waals surface area contributed by atoms with E-state index in [9.17, 15) is 4.79 Å². The predicted molar refractivity (Wildman–Crippen MR) is 109 cm³/mol. The van der Waals surface area contributed by atoms with Gasteiger partial charge in [-0.05, 0) is 62.8 Å². The number of rotatable bonds is 4. The van der Waals surface area contributed by atoms with E-state index in [0.29, 0.717) is 5.75 Å². The second-order valence-electron chi connectivity index (χ2n) is 6.77. The first-order valence-electron chi connectivity index (χ1n) is 8.80. The molecule has 1 aliphatic carbocycles. The zero-order valence-electron chi connectivity index (χ0n) is 15.2. The number of anilines is 1. The lowest BCUT2D eigenvalue weighted by molar-refractivity contribution is -0.113. The summed E-state index contributed by atoms with van der Waals surface area (Å²) in [6, 6.07) is 6.10. The lowest BCUT2D eigenvalue weighted by atomic mass is 10.1. The fourth-order valence-corrected chi connectivity index (χ4v) is 5.63. The number of amides is 1. The number of carbonyl (C=O) groups is 1. The monoisotopic (exact) mass is 383 g/mol. The highest BCUT2D eigenvalue weighted by atomic mass is 32.2. The Hall–Kier alpha value is -1.92. The molecule has 0 bridgehead atoms. The van der Waals surface area contributed by atoms with E-state index in [4.69, 9.17) is 0 Å². The summed E-state index contributed by atoms with van der Waals surface area (Å²) in [6.07, 6.45) is 3.46.